The lowest BCUT2D eigenvalue weighted by molar-refractivity contribution is -0.130. The minimum absolute atomic E-state index is 0.160. The molecule has 1 heterocycles. The monoisotopic (exact) mass is 282 g/mol. The third kappa shape index (κ3) is 3.11. The molecule has 1 unspecified atom stereocenters. The van der Waals surface area contributed by atoms with Gasteiger partial charge in [-0.05, 0) is 42.2 Å². The van der Waals surface area contributed by atoms with E-state index in [0.717, 1.165) is 29.5 Å². The number of carbonyl (C=O) groups is 1. The van der Waals surface area contributed by atoms with Gasteiger partial charge in [-0.15, -0.1) is 0 Å². The van der Waals surface area contributed by atoms with Crippen LogP contribution in [0.15, 0.2) is 47.6 Å². The van der Waals surface area contributed by atoms with Crippen LogP contribution in [0.3, 0.4) is 0 Å². The standard InChI is InChI=1S/C17H18N2O2/c1-12(18-19-17(20)16-7-4-10-21-16)14-9-8-13-5-2-3-6-15(13)11-14/h2-3,5-6,8-9,11,16H,4,7,10H2,1H3,(H,19,20)/b18-12-. The third-order valence-corrected chi connectivity index (χ3v) is 3.72. The van der Waals surface area contributed by atoms with Gasteiger partial charge < -0.3 is 4.74 Å². The van der Waals surface area contributed by atoms with Crippen molar-refractivity contribution in [2.45, 2.75) is 25.9 Å². The molecule has 2 aromatic rings. The van der Waals surface area contributed by atoms with Gasteiger partial charge in [-0.1, -0.05) is 36.4 Å². The zero-order valence-electron chi connectivity index (χ0n) is 12.0. The summed E-state index contributed by atoms with van der Waals surface area (Å²) in [5, 5.41) is 6.54. The number of hydrazone groups is 1. The summed E-state index contributed by atoms with van der Waals surface area (Å²) in [6.45, 7) is 2.55. The molecule has 1 atom stereocenters. The molecule has 1 N–H and O–H groups in total. The van der Waals surface area contributed by atoms with Crippen LogP contribution in [0.25, 0.3) is 10.8 Å². The minimum Gasteiger partial charge on any atom is -0.368 e. The summed E-state index contributed by atoms with van der Waals surface area (Å²) in [7, 11) is 0. The Balaban J connectivity index is 1.74. The van der Waals surface area contributed by atoms with Crippen LogP contribution in [0.1, 0.15) is 25.3 Å². The maximum absolute atomic E-state index is 11.9. The van der Waals surface area contributed by atoms with Crippen LogP contribution in [-0.2, 0) is 9.53 Å². The summed E-state index contributed by atoms with van der Waals surface area (Å²) in [5.74, 6) is -0.160. The summed E-state index contributed by atoms with van der Waals surface area (Å²) in [6.07, 6.45) is 1.36. The molecule has 1 amide bonds. The maximum atomic E-state index is 11.9. The highest BCUT2D eigenvalue weighted by Gasteiger charge is 2.23. The van der Waals surface area contributed by atoms with Crippen molar-refractivity contribution in [2.24, 2.45) is 5.10 Å². The van der Waals surface area contributed by atoms with Crippen molar-refractivity contribution in [3.05, 3.63) is 48.0 Å². The summed E-state index contributed by atoms with van der Waals surface area (Å²) in [5.41, 5.74) is 4.38. The Morgan fingerprint density at radius 2 is 2.05 bits per heavy atom. The first-order chi connectivity index (χ1) is 10.2. The lowest BCUT2D eigenvalue weighted by Gasteiger charge is -2.08. The lowest BCUT2D eigenvalue weighted by Crippen LogP contribution is -2.31. The van der Waals surface area contributed by atoms with E-state index in [1.807, 2.05) is 25.1 Å². The number of hydrogen-bond acceptors (Lipinski definition) is 3. The number of hydrogen-bond donors (Lipinski definition) is 1. The van der Waals surface area contributed by atoms with Crippen molar-refractivity contribution in [1.82, 2.24) is 5.43 Å². The second kappa shape index (κ2) is 6.06. The molecule has 4 heteroatoms. The molecule has 1 aliphatic rings. The average Bonchev–Trinajstić information content (AvgIpc) is 3.06. The van der Waals surface area contributed by atoms with Gasteiger partial charge in [0.1, 0.15) is 6.10 Å². The Labute approximate surface area is 123 Å². The number of benzene rings is 2. The van der Waals surface area contributed by atoms with Crippen molar-refractivity contribution in [3.63, 3.8) is 0 Å². The molecule has 1 saturated heterocycles. The van der Waals surface area contributed by atoms with Crippen LogP contribution >= 0.6 is 0 Å². The third-order valence-electron chi connectivity index (χ3n) is 3.72. The van der Waals surface area contributed by atoms with Gasteiger partial charge in [0.15, 0.2) is 0 Å². The van der Waals surface area contributed by atoms with Gasteiger partial charge in [0.25, 0.3) is 5.91 Å². The fraction of sp³-hybridized carbons (Fsp3) is 0.294. The first-order valence-corrected chi connectivity index (χ1v) is 7.19. The Kier molecular flexibility index (Phi) is 3.97. The molecule has 1 fully saturated rings. The van der Waals surface area contributed by atoms with Gasteiger partial charge in [-0.25, -0.2) is 5.43 Å². The van der Waals surface area contributed by atoms with Gasteiger partial charge in [0.2, 0.25) is 0 Å². The zero-order chi connectivity index (χ0) is 14.7. The lowest BCUT2D eigenvalue weighted by atomic mass is 10.0. The van der Waals surface area contributed by atoms with Crippen LogP contribution in [0, 0.1) is 0 Å². The number of fused-ring (bicyclic) bond motifs is 1. The second-order valence-electron chi connectivity index (χ2n) is 5.24. The van der Waals surface area contributed by atoms with E-state index >= 15 is 0 Å². The molecular weight excluding hydrogens is 264 g/mol. The SMILES string of the molecule is C/C(=N/NC(=O)C1CCCO1)c1ccc2ccccc2c1. The van der Waals surface area contributed by atoms with E-state index in [1.54, 1.807) is 0 Å². The largest absolute Gasteiger partial charge is 0.368 e. The second-order valence-corrected chi connectivity index (χ2v) is 5.24. The maximum Gasteiger partial charge on any atom is 0.269 e. The first kappa shape index (κ1) is 13.8. The number of amides is 1. The van der Waals surface area contributed by atoms with E-state index in [0.29, 0.717) is 6.61 Å². The summed E-state index contributed by atoms with van der Waals surface area (Å²) < 4.78 is 5.33. The number of ether oxygens (including phenoxy) is 1. The first-order valence-electron chi connectivity index (χ1n) is 7.19. The van der Waals surface area contributed by atoms with Gasteiger partial charge in [-0.3, -0.25) is 4.79 Å². The molecule has 3 rings (SSSR count). The minimum atomic E-state index is -0.349. The Morgan fingerprint density at radius 3 is 2.81 bits per heavy atom. The fourth-order valence-corrected chi connectivity index (χ4v) is 2.47. The fourth-order valence-electron chi connectivity index (χ4n) is 2.47. The van der Waals surface area contributed by atoms with E-state index in [9.17, 15) is 4.79 Å². The highest BCUT2D eigenvalue weighted by molar-refractivity contribution is 6.02. The molecule has 108 valence electrons. The van der Waals surface area contributed by atoms with Crippen LogP contribution in [0.5, 0.6) is 0 Å². The van der Waals surface area contributed by atoms with Gasteiger partial charge in [-0.2, -0.15) is 5.10 Å². The number of nitrogens with one attached hydrogen (secondary N) is 1. The van der Waals surface area contributed by atoms with Crippen molar-refractivity contribution in [2.75, 3.05) is 6.61 Å². The molecule has 0 aliphatic carbocycles. The van der Waals surface area contributed by atoms with E-state index in [4.69, 9.17) is 4.74 Å². The summed E-state index contributed by atoms with van der Waals surface area (Å²) in [4.78, 5) is 11.9. The van der Waals surface area contributed by atoms with E-state index < -0.39 is 0 Å². The number of rotatable bonds is 3. The van der Waals surface area contributed by atoms with Gasteiger partial charge >= 0.3 is 0 Å². The number of carbonyl (C=O) groups excluding carboxylic acids is 1. The van der Waals surface area contributed by atoms with E-state index in [2.05, 4.69) is 34.8 Å². The van der Waals surface area contributed by atoms with Crippen LogP contribution in [0.4, 0.5) is 0 Å². The molecule has 2 aromatic carbocycles. The average molecular weight is 282 g/mol. The molecule has 0 spiro atoms. The van der Waals surface area contributed by atoms with E-state index in [-0.39, 0.29) is 12.0 Å². The Morgan fingerprint density at radius 1 is 1.24 bits per heavy atom. The van der Waals surface area contributed by atoms with Crippen molar-refractivity contribution in [1.29, 1.82) is 0 Å². The summed E-state index contributed by atoms with van der Waals surface area (Å²) >= 11 is 0. The molecule has 0 saturated carbocycles. The Bertz CT molecular complexity index is 688. The number of nitrogens with zero attached hydrogens (tertiary/aromatic N) is 1. The highest BCUT2D eigenvalue weighted by Crippen LogP contribution is 2.16. The topological polar surface area (TPSA) is 50.7 Å². The smallest absolute Gasteiger partial charge is 0.269 e. The molecule has 0 aromatic heterocycles. The van der Waals surface area contributed by atoms with Crippen molar-refractivity contribution < 1.29 is 9.53 Å². The van der Waals surface area contributed by atoms with Crippen LogP contribution in [0.2, 0.25) is 0 Å². The predicted molar refractivity (Wildman–Crippen MR) is 83.3 cm³/mol. The van der Waals surface area contributed by atoms with Gasteiger partial charge in [0, 0.05) is 6.61 Å². The molecule has 21 heavy (non-hydrogen) atoms. The molecule has 1 aliphatic heterocycles. The molecule has 0 radical (unpaired) electrons. The van der Waals surface area contributed by atoms with Crippen molar-refractivity contribution in [3.8, 4) is 0 Å². The molecular formula is C17H18N2O2. The van der Waals surface area contributed by atoms with Crippen LogP contribution < -0.4 is 5.43 Å². The van der Waals surface area contributed by atoms with Gasteiger partial charge in [0.05, 0.1) is 5.71 Å². The normalized spacial score (nSPS) is 18.9. The Hall–Kier alpha value is -2.20. The molecule has 4 nitrogen and oxygen atoms in total. The molecule has 0 bridgehead atoms. The van der Waals surface area contributed by atoms with E-state index in [1.165, 1.54) is 5.39 Å². The summed E-state index contributed by atoms with van der Waals surface area (Å²) in [6, 6.07) is 14.3. The van der Waals surface area contributed by atoms with Crippen molar-refractivity contribution >= 4 is 22.4 Å². The quantitative estimate of drug-likeness (QED) is 0.695. The van der Waals surface area contributed by atoms with Crippen LogP contribution in [-0.4, -0.2) is 24.3 Å². The predicted octanol–water partition coefficient (Wildman–Crippen LogP) is 2.86. The zero-order valence-corrected chi connectivity index (χ0v) is 12.0. The highest BCUT2D eigenvalue weighted by atomic mass is 16.5.